The lowest BCUT2D eigenvalue weighted by atomic mass is 10.2. The fourth-order valence-electron chi connectivity index (χ4n) is 2.70. The second kappa shape index (κ2) is 8.30. The first-order chi connectivity index (χ1) is 12.3. The number of nitrogens with one attached hydrogen (secondary N) is 2. The molecule has 0 bridgehead atoms. The van der Waals surface area contributed by atoms with Crippen LogP contribution in [0.3, 0.4) is 0 Å². The average Bonchev–Trinajstić information content (AvgIpc) is 2.67. The molecule has 0 atom stereocenters. The summed E-state index contributed by atoms with van der Waals surface area (Å²) < 4.78 is 5.40. The van der Waals surface area contributed by atoms with Crippen LogP contribution in [0.5, 0.6) is 0 Å². The number of amides is 1. The van der Waals surface area contributed by atoms with E-state index in [0.29, 0.717) is 25.5 Å². The summed E-state index contributed by atoms with van der Waals surface area (Å²) in [4.78, 5) is 19.0. The lowest BCUT2D eigenvalue weighted by Gasteiger charge is -2.30. The second-order valence-corrected chi connectivity index (χ2v) is 5.67. The Kier molecular flexibility index (Phi) is 5.64. The number of rotatable bonds is 6. The highest BCUT2D eigenvalue weighted by molar-refractivity contribution is 6.05. The number of anilines is 3. The zero-order valence-electron chi connectivity index (χ0n) is 14.1. The number of hydrogen-bond donors (Lipinski definition) is 2. The van der Waals surface area contributed by atoms with Crippen LogP contribution in [0.2, 0.25) is 0 Å². The molecule has 2 heterocycles. The van der Waals surface area contributed by atoms with E-state index in [-0.39, 0.29) is 5.91 Å². The van der Waals surface area contributed by atoms with Crippen LogP contribution >= 0.6 is 0 Å². The van der Waals surface area contributed by atoms with Gasteiger partial charge in [-0.05, 0) is 24.3 Å². The van der Waals surface area contributed by atoms with E-state index in [2.05, 4.69) is 27.1 Å². The Balaban J connectivity index is 1.76. The van der Waals surface area contributed by atoms with E-state index in [0.717, 1.165) is 30.2 Å². The van der Waals surface area contributed by atoms with Gasteiger partial charge in [-0.1, -0.05) is 18.2 Å². The molecule has 0 spiro atoms. The fraction of sp³-hybridized carbons (Fsp3) is 0.263. The molecule has 1 aromatic carbocycles. The molecule has 0 aliphatic carbocycles. The minimum Gasteiger partial charge on any atom is -0.381 e. The molecule has 1 saturated heterocycles. The zero-order chi connectivity index (χ0) is 17.5. The maximum atomic E-state index is 12.6. The van der Waals surface area contributed by atoms with Crippen LogP contribution < -0.4 is 15.5 Å². The molecule has 1 aliphatic rings. The van der Waals surface area contributed by atoms with Crippen molar-refractivity contribution in [1.82, 2.24) is 4.98 Å². The summed E-state index contributed by atoms with van der Waals surface area (Å²) >= 11 is 0. The van der Waals surface area contributed by atoms with Crippen LogP contribution in [-0.4, -0.2) is 43.7 Å². The maximum absolute atomic E-state index is 12.6. The number of pyridine rings is 1. The minimum atomic E-state index is -0.233. The number of ether oxygens (including phenoxy) is 1. The van der Waals surface area contributed by atoms with Crippen LogP contribution in [0, 0.1) is 0 Å². The number of morpholine rings is 1. The smallest absolute Gasteiger partial charge is 0.274 e. The van der Waals surface area contributed by atoms with E-state index in [4.69, 9.17) is 4.74 Å². The van der Waals surface area contributed by atoms with Gasteiger partial charge in [-0.2, -0.15) is 0 Å². The van der Waals surface area contributed by atoms with E-state index in [1.165, 1.54) is 0 Å². The highest BCUT2D eigenvalue weighted by atomic mass is 16.5. The summed E-state index contributed by atoms with van der Waals surface area (Å²) in [5, 5.41) is 6.13. The zero-order valence-corrected chi connectivity index (χ0v) is 14.1. The number of carbonyl (C=O) groups is 1. The molecule has 2 aromatic rings. The molecule has 130 valence electrons. The van der Waals surface area contributed by atoms with Gasteiger partial charge in [0.05, 0.1) is 24.6 Å². The molecular weight excluding hydrogens is 316 g/mol. The van der Waals surface area contributed by atoms with Gasteiger partial charge < -0.3 is 20.3 Å². The molecule has 2 N–H and O–H groups in total. The monoisotopic (exact) mass is 338 g/mol. The molecule has 0 saturated carbocycles. The van der Waals surface area contributed by atoms with Gasteiger partial charge in [0.1, 0.15) is 5.69 Å². The Labute approximate surface area is 147 Å². The third kappa shape index (κ3) is 4.36. The Morgan fingerprint density at radius 2 is 2.08 bits per heavy atom. The van der Waals surface area contributed by atoms with Gasteiger partial charge in [0.25, 0.3) is 5.91 Å². The summed E-state index contributed by atoms with van der Waals surface area (Å²) in [7, 11) is 0. The van der Waals surface area contributed by atoms with E-state index in [1.54, 1.807) is 18.3 Å². The molecule has 0 radical (unpaired) electrons. The van der Waals surface area contributed by atoms with Gasteiger partial charge in [0.15, 0.2) is 0 Å². The fourth-order valence-corrected chi connectivity index (χ4v) is 2.70. The molecular formula is C19H22N4O2. The van der Waals surface area contributed by atoms with Gasteiger partial charge in [0, 0.05) is 31.5 Å². The first kappa shape index (κ1) is 17.0. The predicted octanol–water partition coefficient (Wildman–Crippen LogP) is 2.77. The summed E-state index contributed by atoms with van der Waals surface area (Å²) in [5.41, 5.74) is 2.98. The highest BCUT2D eigenvalue weighted by Crippen LogP contribution is 2.26. The maximum Gasteiger partial charge on any atom is 0.274 e. The van der Waals surface area contributed by atoms with Crippen molar-refractivity contribution in [2.24, 2.45) is 0 Å². The molecule has 6 nitrogen and oxygen atoms in total. The number of para-hydroxylation sites is 2. The second-order valence-electron chi connectivity index (χ2n) is 5.67. The Bertz CT molecular complexity index is 742. The molecule has 3 rings (SSSR count). The van der Waals surface area contributed by atoms with Crippen LogP contribution in [-0.2, 0) is 4.74 Å². The van der Waals surface area contributed by atoms with E-state index < -0.39 is 0 Å². The van der Waals surface area contributed by atoms with E-state index in [9.17, 15) is 4.79 Å². The first-order valence-electron chi connectivity index (χ1n) is 8.32. The molecule has 0 unspecified atom stereocenters. The van der Waals surface area contributed by atoms with E-state index in [1.807, 2.05) is 30.3 Å². The lowest BCUT2D eigenvalue weighted by Crippen LogP contribution is -2.36. The average molecular weight is 338 g/mol. The van der Waals surface area contributed by atoms with Crippen molar-refractivity contribution in [1.29, 1.82) is 0 Å². The quantitative estimate of drug-likeness (QED) is 0.793. The normalized spacial score (nSPS) is 14.0. The van der Waals surface area contributed by atoms with Gasteiger partial charge in [-0.15, -0.1) is 6.58 Å². The van der Waals surface area contributed by atoms with Crippen LogP contribution in [0.25, 0.3) is 0 Å². The molecule has 6 heteroatoms. The number of aromatic nitrogens is 1. The molecule has 1 fully saturated rings. The summed E-state index contributed by atoms with van der Waals surface area (Å²) in [5.74, 6) is -0.233. The van der Waals surface area contributed by atoms with Crippen molar-refractivity contribution in [3.63, 3.8) is 0 Å². The highest BCUT2D eigenvalue weighted by Gasteiger charge is 2.16. The molecule has 1 aliphatic heterocycles. The van der Waals surface area contributed by atoms with Gasteiger partial charge in [0.2, 0.25) is 0 Å². The predicted molar refractivity (Wildman–Crippen MR) is 100 cm³/mol. The van der Waals surface area contributed by atoms with Crippen molar-refractivity contribution in [3.8, 4) is 0 Å². The van der Waals surface area contributed by atoms with Gasteiger partial charge >= 0.3 is 0 Å². The Morgan fingerprint density at radius 1 is 1.28 bits per heavy atom. The largest absolute Gasteiger partial charge is 0.381 e. The Morgan fingerprint density at radius 3 is 2.88 bits per heavy atom. The number of benzene rings is 1. The topological polar surface area (TPSA) is 66.5 Å². The SMILES string of the molecule is C=CCNc1ccnc(C(=O)Nc2ccccc2N2CCOCC2)c1. The summed E-state index contributed by atoms with van der Waals surface area (Å²) in [6, 6.07) is 11.4. The minimum absolute atomic E-state index is 0.233. The Hall–Kier alpha value is -2.86. The molecule has 1 amide bonds. The molecule has 1 aromatic heterocycles. The summed E-state index contributed by atoms with van der Waals surface area (Å²) in [6.45, 7) is 7.32. The first-order valence-corrected chi connectivity index (χ1v) is 8.32. The van der Waals surface area contributed by atoms with Crippen molar-refractivity contribution in [2.45, 2.75) is 0 Å². The van der Waals surface area contributed by atoms with Crippen molar-refractivity contribution in [3.05, 3.63) is 60.9 Å². The van der Waals surface area contributed by atoms with Crippen molar-refractivity contribution >= 4 is 23.0 Å². The van der Waals surface area contributed by atoms with Crippen LogP contribution in [0.1, 0.15) is 10.5 Å². The molecule has 25 heavy (non-hydrogen) atoms. The third-order valence-corrected chi connectivity index (χ3v) is 3.95. The van der Waals surface area contributed by atoms with E-state index >= 15 is 0 Å². The van der Waals surface area contributed by atoms with Crippen molar-refractivity contribution < 1.29 is 9.53 Å². The number of carbonyl (C=O) groups excluding carboxylic acids is 1. The number of nitrogens with zero attached hydrogens (tertiary/aromatic N) is 2. The standard InChI is InChI=1S/C19H22N4O2/c1-2-8-20-15-7-9-21-17(14-15)19(24)22-16-5-3-4-6-18(16)23-10-12-25-13-11-23/h2-7,9,14H,1,8,10-13H2,(H,20,21)(H,22,24). The lowest BCUT2D eigenvalue weighted by molar-refractivity contribution is 0.102. The van der Waals surface area contributed by atoms with Gasteiger partial charge in [-0.3, -0.25) is 9.78 Å². The van der Waals surface area contributed by atoms with Crippen molar-refractivity contribution in [2.75, 3.05) is 48.4 Å². The summed E-state index contributed by atoms with van der Waals surface area (Å²) in [6.07, 6.45) is 3.38. The third-order valence-electron chi connectivity index (χ3n) is 3.95. The number of hydrogen-bond acceptors (Lipinski definition) is 5. The van der Waals surface area contributed by atoms with Gasteiger partial charge in [-0.25, -0.2) is 0 Å². The van der Waals surface area contributed by atoms with Crippen LogP contribution in [0.4, 0.5) is 17.1 Å². The van der Waals surface area contributed by atoms with Crippen LogP contribution in [0.15, 0.2) is 55.3 Å².